The van der Waals surface area contributed by atoms with Crippen LogP contribution in [0.5, 0.6) is 11.6 Å². The number of aromatic nitrogens is 2. The van der Waals surface area contributed by atoms with E-state index in [1.54, 1.807) is 13.2 Å². The quantitative estimate of drug-likeness (QED) is 0.842. The van der Waals surface area contributed by atoms with Gasteiger partial charge in [0.25, 0.3) is 5.91 Å². The standard InChI is InChI=1S/C20H26N4O3/c1-14-7-8-17(26-3)16(11-14)22-18(25)13-27-19-12-15(2)21-20(23-19)24-9-5-4-6-10-24/h7-8,11-12H,4-6,9-10,13H2,1-3H3,(H,22,25). The van der Waals surface area contributed by atoms with Gasteiger partial charge in [-0.25, -0.2) is 4.98 Å². The van der Waals surface area contributed by atoms with Gasteiger partial charge >= 0.3 is 0 Å². The average molecular weight is 370 g/mol. The van der Waals surface area contributed by atoms with Crippen molar-refractivity contribution in [1.29, 1.82) is 0 Å². The van der Waals surface area contributed by atoms with Crippen molar-refractivity contribution in [3.8, 4) is 11.6 Å². The van der Waals surface area contributed by atoms with Crippen LogP contribution in [0, 0.1) is 13.8 Å². The Morgan fingerprint density at radius 2 is 1.93 bits per heavy atom. The zero-order valence-corrected chi connectivity index (χ0v) is 16.1. The molecule has 0 spiro atoms. The van der Waals surface area contributed by atoms with Gasteiger partial charge in [0, 0.05) is 24.8 Å². The number of nitrogens with zero attached hydrogens (tertiary/aromatic N) is 3. The Morgan fingerprint density at radius 3 is 2.67 bits per heavy atom. The number of carbonyl (C=O) groups excluding carboxylic acids is 1. The zero-order valence-electron chi connectivity index (χ0n) is 16.1. The Hall–Kier alpha value is -2.83. The molecule has 7 nitrogen and oxygen atoms in total. The van der Waals surface area contributed by atoms with E-state index in [1.165, 1.54) is 6.42 Å². The second-order valence-corrected chi connectivity index (χ2v) is 6.74. The lowest BCUT2D eigenvalue weighted by atomic mass is 10.1. The Kier molecular flexibility index (Phi) is 6.11. The summed E-state index contributed by atoms with van der Waals surface area (Å²) in [6.07, 6.45) is 3.54. The van der Waals surface area contributed by atoms with Crippen LogP contribution >= 0.6 is 0 Å². The van der Waals surface area contributed by atoms with Crippen LogP contribution in [0.15, 0.2) is 24.3 Å². The molecule has 0 aliphatic carbocycles. The van der Waals surface area contributed by atoms with Crippen LogP contribution in [0.4, 0.5) is 11.6 Å². The lowest BCUT2D eigenvalue weighted by Gasteiger charge is -2.26. The van der Waals surface area contributed by atoms with E-state index in [4.69, 9.17) is 9.47 Å². The Bertz CT molecular complexity index is 804. The lowest BCUT2D eigenvalue weighted by Crippen LogP contribution is -2.31. The molecule has 1 N–H and O–H groups in total. The molecule has 144 valence electrons. The summed E-state index contributed by atoms with van der Waals surface area (Å²) in [5.74, 6) is 1.42. The van der Waals surface area contributed by atoms with Crippen molar-refractivity contribution in [2.24, 2.45) is 0 Å². The second kappa shape index (κ2) is 8.70. The summed E-state index contributed by atoms with van der Waals surface area (Å²) in [6, 6.07) is 7.36. The van der Waals surface area contributed by atoms with Crippen LogP contribution in [-0.4, -0.2) is 42.7 Å². The Labute approximate surface area is 159 Å². The van der Waals surface area contributed by atoms with E-state index in [1.807, 2.05) is 32.0 Å². The number of ether oxygens (including phenoxy) is 2. The maximum atomic E-state index is 12.3. The number of aryl methyl sites for hydroxylation is 2. The van der Waals surface area contributed by atoms with Crippen molar-refractivity contribution in [3.05, 3.63) is 35.5 Å². The normalized spacial score (nSPS) is 14.0. The van der Waals surface area contributed by atoms with Crippen LogP contribution in [0.3, 0.4) is 0 Å². The molecule has 2 aromatic rings. The molecule has 7 heteroatoms. The van der Waals surface area contributed by atoms with E-state index in [-0.39, 0.29) is 12.5 Å². The molecule has 1 fully saturated rings. The number of hydrogen-bond donors (Lipinski definition) is 1. The van der Waals surface area contributed by atoms with Crippen molar-refractivity contribution in [2.45, 2.75) is 33.1 Å². The molecule has 1 aliphatic rings. The number of hydrogen-bond acceptors (Lipinski definition) is 6. The smallest absolute Gasteiger partial charge is 0.262 e. The van der Waals surface area contributed by atoms with Gasteiger partial charge in [0.1, 0.15) is 5.75 Å². The molecule has 1 saturated heterocycles. The first-order valence-corrected chi connectivity index (χ1v) is 9.23. The minimum atomic E-state index is -0.269. The van der Waals surface area contributed by atoms with Crippen molar-refractivity contribution in [1.82, 2.24) is 9.97 Å². The topological polar surface area (TPSA) is 76.6 Å². The fourth-order valence-corrected chi connectivity index (χ4v) is 3.08. The molecule has 1 aromatic carbocycles. The number of amides is 1. The number of nitrogens with one attached hydrogen (secondary N) is 1. The average Bonchev–Trinajstić information content (AvgIpc) is 2.67. The minimum absolute atomic E-state index is 0.132. The fraction of sp³-hybridized carbons (Fsp3) is 0.450. The second-order valence-electron chi connectivity index (χ2n) is 6.74. The molecule has 2 heterocycles. The molecular weight excluding hydrogens is 344 g/mol. The first-order valence-electron chi connectivity index (χ1n) is 9.23. The number of anilines is 2. The van der Waals surface area contributed by atoms with Gasteiger partial charge in [-0.05, 0) is 50.8 Å². The summed E-state index contributed by atoms with van der Waals surface area (Å²) in [5.41, 5.74) is 2.48. The summed E-state index contributed by atoms with van der Waals surface area (Å²) in [4.78, 5) is 23.4. The number of carbonyl (C=O) groups is 1. The summed E-state index contributed by atoms with van der Waals surface area (Å²) >= 11 is 0. The molecule has 27 heavy (non-hydrogen) atoms. The van der Waals surface area contributed by atoms with E-state index in [0.717, 1.165) is 37.2 Å². The van der Waals surface area contributed by atoms with E-state index < -0.39 is 0 Å². The number of rotatable bonds is 6. The monoisotopic (exact) mass is 370 g/mol. The highest BCUT2D eigenvalue weighted by Gasteiger charge is 2.16. The van der Waals surface area contributed by atoms with Crippen LogP contribution in [0.1, 0.15) is 30.5 Å². The maximum Gasteiger partial charge on any atom is 0.262 e. The first-order chi connectivity index (χ1) is 13.0. The molecule has 0 atom stereocenters. The van der Waals surface area contributed by atoms with Gasteiger partial charge in [-0.15, -0.1) is 0 Å². The molecule has 1 amide bonds. The third-order valence-electron chi connectivity index (χ3n) is 4.44. The Morgan fingerprint density at radius 1 is 1.15 bits per heavy atom. The van der Waals surface area contributed by atoms with Crippen molar-refractivity contribution >= 4 is 17.5 Å². The number of methoxy groups -OCH3 is 1. The van der Waals surface area contributed by atoms with E-state index in [0.29, 0.717) is 23.3 Å². The summed E-state index contributed by atoms with van der Waals surface area (Å²) in [5, 5.41) is 2.82. The predicted octanol–water partition coefficient (Wildman–Crippen LogP) is 3.11. The van der Waals surface area contributed by atoms with E-state index in [9.17, 15) is 4.79 Å². The summed E-state index contributed by atoms with van der Waals surface area (Å²) in [6.45, 7) is 5.64. The summed E-state index contributed by atoms with van der Waals surface area (Å²) in [7, 11) is 1.57. The summed E-state index contributed by atoms with van der Waals surface area (Å²) < 4.78 is 10.9. The maximum absolute atomic E-state index is 12.3. The molecule has 1 aliphatic heterocycles. The largest absolute Gasteiger partial charge is 0.495 e. The van der Waals surface area contributed by atoms with Gasteiger partial charge < -0.3 is 19.7 Å². The molecular formula is C20H26N4O3. The van der Waals surface area contributed by atoms with Gasteiger partial charge in [-0.2, -0.15) is 4.98 Å². The third kappa shape index (κ3) is 5.09. The van der Waals surface area contributed by atoms with Crippen molar-refractivity contribution < 1.29 is 14.3 Å². The third-order valence-corrected chi connectivity index (χ3v) is 4.44. The predicted molar refractivity (Wildman–Crippen MR) is 105 cm³/mol. The van der Waals surface area contributed by atoms with Gasteiger partial charge in [-0.1, -0.05) is 6.07 Å². The van der Waals surface area contributed by atoms with Crippen LogP contribution < -0.4 is 19.7 Å². The van der Waals surface area contributed by atoms with Crippen LogP contribution in [0.25, 0.3) is 0 Å². The van der Waals surface area contributed by atoms with Crippen LogP contribution in [-0.2, 0) is 4.79 Å². The zero-order chi connectivity index (χ0) is 19.2. The van der Waals surface area contributed by atoms with E-state index in [2.05, 4.69) is 20.2 Å². The highest BCUT2D eigenvalue weighted by atomic mass is 16.5. The van der Waals surface area contributed by atoms with Gasteiger partial charge in [0.2, 0.25) is 11.8 Å². The number of benzene rings is 1. The van der Waals surface area contributed by atoms with Crippen molar-refractivity contribution in [3.63, 3.8) is 0 Å². The minimum Gasteiger partial charge on any atom is -0.495 e. The van der Waals surface area contributed by atoms with E-state index >= 15 is 0 Å². The number of piperidine rings is 1. The molecule has 1 aromatic heterocycles. The molecule has 3 rings (SSSR count). The van der Waals surface area contributed by atoms with Gasteiger partial charge in [0.05, 0.1) is 12.8 Å². The highest BCUT2D eigenvalue weighted by Crippen LogP contribution is 2.25. The fourth-order valence-electron chi connectivity index (χ4n) is 3.08. The molecule has 0 radical (unpaired) electrons. The SMILES string of the molecule is COc1ccc(C)cc1NC(=O)COc1cc(C)nc(N2CCCCC2)n1. The van der Waals surface area contributed by atoms with Gasteiger partial charge in [0.15, 0.2) is 6.61 Å². The lowest BCUT2D eigenvalue weighted by molar-refractivity contribution is -0.118. The highest BCUT2D eigenvalue weighted by molar-refractivity contribution is 5.93. The van der Waals surface area contributed by atoms with Gasteiger partial charge in [-0.3, -0.25) is 4.79 Å². The van der Waals surface area contributed by atoms with Crippen LogP contribution in [0.2, 0.25) is 0 Å². The molecule has 0 unspecified atom stereocenters. The first kappa shape index (κ1) is 18.9. The molecule has 0 saturated carbocycles. The molecule has 0 bridgehead atoms. The van der Waals surface area contributed by atoms with Crippen molar-refractivity contribution in [2.75, 3.05) is 37.0 Å². The Balaban J connectivity index is 1.63.